The number of thiocarbonyl (C=S) groups is 1. The standard InChI is InChI=1S/C21H18N2O4S3.Na/c24-16(10-14-7-4-8-29-14)22-17-19(25)23-18(21(26)27)13(11-30-20(17)23)9-15(28)12-5-2-1-3-6-12;/h1-8,17,20H,9-11H2,(H,22,24)(H,26,27);/q;+1/p-1/t17?,20-;/m1./s1. The van der Waals surface area contributed by atoms with E-state index < -0.39 is 23.3 Å². The third-order valence-corrected chi connectivity index (χ3v) is 7.54. The van der Waals surface area contributed by atoms with Gasteiger partial charge >= 0.3 is 29.6 Å². The van der Waals surface area contributed by atoms with E-state index in [9.17, 15) is 19.5 Å². The van der Waals surface area contributed by atoms with E-state index in [1.165, 1.54) is 28.0 Å². The number of fused-ring (bicyclic) bond motifs is 1. The van der Waals surface area contributed by atoms with Crippen molar-refractivity contribution in [2.24, 2.45) is 0 Å². The van der Waals surface area contributed by atoms with Crippen molar-refractivity contribution in [2.45, 2.75) is 24.3 Å². The minimum Gasteiger partial charge on any atom is -0.543 e. The molecule has 2 aromatic rings. The van der Waals surface area contributed by atoms with Crippen LogP contribution in [0.1, 0.15) is 16.9 Å². The smallest absolute Gasteiger partial charge is 0.543 e. The van der Waals surface area contributed by atoms with E-state index in [2.05, 4.69) is 5.32 Å². The predicted octanol–water partition coefficient (Wildman–Crippen LogP) is -1.49. The zero-order valence-corrected chi connectivity index (χ0v) is 21.1. The molecular weight excluding hydrogens is 463 g/mol. The number of benzene rings is 1. The van der Waals surface area contributed by atoms with Crippen molar-refractivity contribution >= 4 is 58.0 Å². The Morgan fingerprint density at radius 2 is 1.90 bits per heavy atom. The Hall–Kier alpha value is -1.49. The molecule has 1 unspecified atom stereocenters. The van der Waals surface area contributed by atoms with Crippen LogP contribution in [0.5, 0.6) is 0 Å². The molecule has 2 aliphatic heterocycles. The van der Waals surface area contributed by atoms with E-state index in [-0.39, 0.29) is 54.0 Å². The van der Waals surface area contributed by atoms with Gasteiger partial charge in [-0.2, -0.15) is 0 Å². The molecule has 1 N–H and O–H groups in total. The van der Waals surface area contributed by atoms with Crippen LogP contribution in [0.4, 0.5) is 0 Å². The number of hydrogen-bond acceptors (Lipinski definition) is 7. The van der Waals surface area contributed by atoms with E-state index in [1.54, 1.807) is 0 Å². The van der Waals surface area contributed by atoms with Crippen molar-refractivity contribution in [3.63, 3.8) is 0 Å². The molecule has 3 heterocycles. The van der Waals surface area contributed by atoms with Gasteiger partial charge in [-0.15, -0.1) is 23.1 Å². The second-order valence-electron chi connectivity index (χ2n) is 6.92. The summed E-state index contributed by atoms with van der Waals surface area (Å²) in [5.74, 6) is -1.69. The fraction of sp³-hybridized carbons (Fsp3) is 0.238. The molecule has 1 aromatic carbocycles. The van der Waals surface area contributed by atoms with Crippen LogP contribution in [-0.2, 0) is 20.8 Å². The van der Waals surface area contributed by atoms with Crippen molar-refractivity contribution < 1.29 is 49.0 Å². The Bertz CT molecular complexity index is 1040. The predicted molar refractivity (Wildman–Crippen MR) is 118 cm³/mol. The summed E-state index contributed by atoms with van der Waals surface area (Å²) < 4.78 is 0. The first kappa shape index (κ1) is 24.2. The third-order valence-electron chi connectivity index (χ3n) is 4.94. The van der Waals surface area contributed by atoms with Gasteiger partial charge in [0.05, 0.1) is 18.1 Å². The Labute approximate surface area is 215 Å². The van der Waals surface area contributed by atoms with Gasteiger partial charge in [-0.1, -0.05) is 48.6 Å². The molecule has 2 aliphatic rings. The number of carboxylic acids is 1. The molecule has 1 saturated heterocycles. The van der Waals surface area contributed by atoms with Crippen LogP contribution in [0.3, 0.4) is 0 Å². The first-order valence-corrected chi connectivity index (χ1v) is 11.6. The molecule has 0 saturated carbocycles. The van der Waals surface area contributed by atoms with Gasteiger partial charge in [0.15, 0.2) is 0 Å². The van der Waals surface area contributed by atoms with Crippen molar-refractivity contribution in [3.8, 4) is 0 Å². The summed E-state index contributed by atoms with van der Waals surface area (Å²) >= 11 is 8.37. The second-order valence-corrected chi connectivity index (χ2v) is 9.55. The Balaban J connectivity index is 0.00000272. The number of thiophene rings is 1. The van der Waals surface area contributed by atoms with Crippen LogP contribution >= 0.6 is 35.3 Å². The molecule has 10 heteroatoms. The Kier molecular flexibility index (Phi) is 8.12. The van der Waals surface area contributed by atoms with E-state index in [0.717, 1.165) is 10.4 Å². The van der Waals surface area contributed by atoms with Crippen molar-refractivity contribution in [1.82, 2.24) is 10.2 Å². The normalized spacial score (nSPS) is 19.7. The number of β-lactam (4-membered cyclic amide) rings is 1. The largest absolute Gasteiger partial charge is 1.00 e. The molecule has 0 radical (unpaired) electrons. The number of nitrogens with zero attached hydrogens (tertiary/aromatic N) is 1. The molecule has 4 rings (SSSR count). The van der Waals surface area contributed by atoms with Crippen molar-refractivity contribution in [1.29, 1.82) is 0 Å². The summed E-state index contributed by atoms with van der Waals surface area (Å²) in [7, 11) is 0. The Morgan fingerprint density at radius 1 is 1.16 bits per heavy atom. The topological polar surface area (TPSA) is 89.5 Å². The van der Waals surface area contributed by atoms with Gasteiger partial charge in [0.2, 0.25) is 5.91 Å². The summed E-state index contributed by atoms with van der Waals surface area (Å²) in [6.07, 6.45) is 0.459. The molecule has 1 fully saturated rings. The quantitative estimate of drug-likeness (QED) is 0.225. The Morgan fingerprint density at radius 3 is 2.55 bits per heavy atom. The SMILES string of the molecule is O=C(Cc1cccs1)NC1C(=O)N2C(C(=O)[O-])=C(CC(=S)c3ccccc3)CS[C@H]12.[Na+]. The minimum absolute atomic E-state index is 0. The zero-order chi connectivity index (χ0) is 21.3. The van der Waals surface area contributed by atoms with Crippen LogP contribution in [0.2, 0.25) is 0 Å². The molecule has 0 aliphatic carbocycles. The number of aliphatic carboxylic acids is 1. The van der Waals surface area contributed by atoms with Gasteiger partial charge < -0.3 is 15.2 Å². The van der Waals surface area contributed by atoms with E-state index >= 15 is 0 Å². The van der Waals surface area contributed by atoms with Gasteiger partial charge in [-0.05, 0) is 22.6 Å². The number of carbonyl (C=O) groups excluding carboxylic acids is 3. The van der Waals surface area contributed by atoms with E-state index in [0.29, 0.717) is 16.2 Å². The number of thioether (sulfide) groups is 1. The maximum absolute atomic E-state index is 12.7. The summed E-state index contributed by atoms with van der Waals surface area (Å²) in [4.78, 5) is 39.6. The molecule has 31 heavy (non-hydrogen) atoms. The number of amides is 2. The summed E-state index contributed by atoms with van der Waals surface area (Å²) in [5, 5.41) is 16.0. The van der Waals surface area contributed by atoms with Gasteiger partial charge in [-0.3, -0.25) is 14.5 Å². The van der Waals surface area contributed by atoms with Crippen LogP contribution in [-0.4, -0.2) is 44.7 Å². The fourth-order valence-electron chi connectivity index (χ4n) is 3.52. The van der Waals surface area contributed by atoms with Crippen LogP contribution in [0.15, 0.2) is 59.1 Å². The third kappa shape index (κ3) is 5.13. The van der Waals surface area contributed by atoms with Crippen LogP contribution in [0.25, 0.3) is 0 Å². The second kappa shape index (κ2) is 10.4. The van der Waals surface area contributed by atoms with Gasteiger partial charge in [0, 0.05) is 21.9 Å². The molecule has 0 bridgehead atoms. The molecule has 1 aromatic heterocycles. The molecule has 154 valence electrons. The van der Waals surface area contributed by atoms with Crippen molar-refractivity contribution in [3.05, 3.63) is 69.6 Å². The number of nitrogens with one attached hydrogen (secondary N) is 1. The number of carboxylic acid groups (broad SMARTS) is 1. The van der Waals surface area contributed by atoms with Gasteiger partial charge in [-0.25, -0.2) is 0 Å². The maximum Gasteiger partial charge on any atom is 1.00 e. The van der Waals surface area contributed by atoms with E-state index in [1.807, 2.05) is 47.8 Å². The summed E-state index contributed by atoms with van der Waals surface area (Å²) in [6.45, 7) is 0. The first-order valence-electron chi connectivity index (χ1n) is 9.23. The van der Waals surface area contributed by atoms with Crippen LogP contribution < -0.4 is 40.0 Å². The maximum atomic E-state index is 12.7. The number of carbonyl (C=O) groups is 3. The molecular formula is C21H17N2NaO4S3. The average Bonchev–Trinajstić information content (AvgIpc) is 3.25. The van der Waals surface area contributed by atoms with Crippen LogP contribution in [0, 0.1) is 0 Å². The molecule has 2 amide bonds. The van der Waals surface area contributed by atoms with E-state index in [4.69, 9.17) is 12.2 Å². The molecule has 0 spiro atoms. The summed E-state index contributed by atoms with van der Waals surface area (Å²) in [6, 6.07) is 12.3. The van der Waals surface area contributed by atoms with Gasteiger partial charge in [0.1, 0.15) is 11.4 Å². The summed E-state index contributed by atoms with van der Waals surface area (Å²) in [5.41, 5.74) is 1.28. The molecule has 2 atom stereocenters. The van der Waals surface area contributed by atoms with Crippen molar-refractivity contribution in [2.75, 3.05) is 5.75 Å². The molecule has 6 nitrogen and oxygen atoms in total. The average molecular weight is 481 g/mol. The first-order chi connectivity index (χ1) is 14.5. The fourth-order valence-corrected chi connectivity index (χ4v) is 5.88. The van der Waals surface area contributed by atoms with Gasteiger partial charge in [0.25, 0.3) is 5.91 Å². The number of rotatable bonds is 7. The number of hydrogen-bond donors (Lipinski definition) is 1. The zero-order valence-electron chi connectivity index (χ0n) is 16.7. The monoisotopic (exact) mass is 480 g/mol. The minimum atomic E-state index is -1.40.